The molecule has 2 amide bonds. The van der Waals surface area contributed by atoms with Gasteiger partial charge in [-0.25, -0.2) is 14.8 Å². The molecule has 1 unspecified atom stereocenters. The molecule has 0 saturated carbocycles. The monoisotopic (exact) mass is 500 g/mol. The van der Waals surface area contributed by atoms with Crippen LogP contribution in [0, 0.1) is 0 Å². The number of carboxylic acid groups (broad SMARTS) is 1. The average Bonchev–Trinajstić information content (AvgIpc) is 3.32. The molecular formula is C21H21N6O7P. The number of carbonyl (C=O) groups excluding carboxylic acids is 2. The Morgan fingerprint density at radius 1 is 1.11 bits per heavy atom. The lowest BCUT2D eigenvalue weighted by Gasteiger charge is -2.26. The summed E-state index contributed by atoms with van der Waals surface area (Å²) >= 11 is 0. The van der Waals surface area contributed by atoms with Gasteiger partial charge < -0.3 is 35.5 Å². The van der Waals surface area contributed by atoms with Gasteiger partial charge in [-0.05, 0) is 43.3 Å². The van der Waals surface area contributed by atoms with Gasteiger partial charge in [0, 0.05) is 18.2 Å². The summed E-state index contributed by atoms with van der Waals surface area (Å²) < 4.78 is 13.4. The first kappa shape index (κ1) is 24.1. The summed E-state index contributed by atoms with van der Waals surface area (Å²) in [5.74, 6) is -2.22. The zero-order valence-corrected chi connectivity index (χ0v) is 19.4. The second kappa shape index (κ2) is 8.31. The first-order valence-corrected chi connectivity index (χ1v) is 11.8. The normalized spacial score (nSPS) is 13.6. The molecule has 1 atom stereocenters. The molecule has 0 aliphatic carbocycles. The van der Waals surface area contributed by atoms with Gasteiger partial charge in [0.1, 0.15) is 11.6 Å². The van der Waals surface area contributed by atoms with Crippen LogP contribution in [-0.4, -0.2) is 57.5 Å². The Kier molecular flexibility index (Phi) is 5.71. The van der Waals surface area contributed by atoms with Crippen molar-refractivity contribution in [3.05, 3.63) is 59.2 Å². The Balaban J connectivity index is 1.63. The van der Waals surface area contributed by atoms with Crippen LogP contribution in [0.15, 0.2) is 36.4 Å². The third-order valence-electron chi connectivity index (χ3n) is 5.73. The topological polar surface area (TPSA) is 214 Å². The number of aliphatic carboxylic acids is 1. The van der Waals surface area contributed by atoms with E-state index in [1.165, 1.54) is 12.1 Å². The molecule has 0 aliphatic rings. The van der Waals surface area contributed by atoms with Crippen molar-refractivity contribution in [2.75, 3.05) is 0 Å². The third kappa shape index (κ3) is 4.28. The molecule has 35 heavy (non-hydrogen) atoms. The van der Waals surface area contributed by atoms with Gasteiger partial charge in [-0.1, -0.05) is 0 Å². The summed E-state index contributed by atoms with van der Waals surface area (Å²) in [6.07, 6.45) is 0.294. The largest absolute Gasteiger partial charge is 0.479 e. The van der Waals surface area contributed by atoms with Crippen LogP contribution in [0.3, 0.4) is 0 Å². The van der Waals surface area contributed by atoms with E-state index in [0.717, 1.165) is 6.92 Å². The SMILES string of the molecule is Cn1c(Cc2nc3cc(C(N)=O)ccc3[nH]2)nc2ccc(C(=O)NC(C)(C(=O)O)P(=O)(O)O)cc21. The number of aryl methyl sites for hydroxylation is 1. The first-order valence-electron chi connectivity index (χ1n) is 10.2. The van der Waals surface area contributed by atoms with E-state index in [1.807, 2.05) is 5.32 Å². The average molecular weight is 500 g/mol. The van der Waals surface area contributed by atoms with Crippen LogP contribution < -0.4 is 11.1 Å². The van der Waals surface area contributed by atoms with E-state index < -0.39 is 30.7 Å². The highest BCUT2D eigenvalue weighted by Crippen LogP contribution is 2.48. The van der Waals surface area contributed by atoms with Crippen molar-refractivity contribution in [2.24, 2.45) is 12.8 Å². The fraction of sp³-hybridized carbons (Fsp3) is 0.190. The molecule has 0 spiro atoms. The molecule has 7 N–H and O–H groups in total. The van der Waals surface area contributed by atoms with E-state index in [1.54, 1.807) is 35.9 Å². The summed E-state index contributed by atoms with van der Waals surface area (Å²) in [6.45, 7) is 0.744. The van der Waals surface area contributed by atoms with Crippen LogP contribution in [0.5, 0.6) is 0 Å². The fourth-order valence-electron chi connectivity index (χ4n) is 3.53. The lowest BCUT2D eigenvalue weighted by molar-refractivity contribution is -0.140. The van der Waals surface area contributed by atoms with Gasteiger partial charge in [-0.2, -0.15) is 0 Å². The van der Waals surface area contributed by atoms with Gasteiger partial charge in [-0.15, -0.1) is 0 Å². The van der Waals surface area contributed by atoms with Crippen LogP contribution in [0.1, 0.15) is 39.3 Å². The van der Waals surface area contributed by atoms with Crippen molar-refractivity contribution in [2.45, 2.75) is 18.6 Å². The third-order valence-corrected chi connectivity index (χ3v) is 7.20. The summed E-state index contributed by atoms with van der Waals surface area (Å²) in [4.78, 5) is 66.5. The smallest absolute Gasteiger partial charge is 0.362 e. The Hall–Kier alpha value is -4.06. The summed E-state index contributed by atoms with van der Waals surface area (Å²) in [7, 11) is -3.50. The number of carboxylic acids is 1. The van der Waals surface area contributed by atoms with Gasteiger partial charge in [0.2, 0.25) is 11.2 Å². The highest BCUT2D eigenvalue weighted by molar-refractivity contribution is 7.54. The van der Waals surface area contributed by atoms with Crippen molar-refractivity contribution < 1.29 is 33.8 Å². The summed E-state index contributed by atoms with van der Waals surface area (Å²) in [6, 6.07) is 9.25. The number of aromatic nitrogens is 4. The predicted octanol–water partition coefficient (Wildman–Crippen LogP) is 0.848. The Labute approximate surface area is 197 Å². The number of nitrogens with zero attached hydrogens (tertiary/aromatic N) is 3. The lowest BCUT2D eigenvalue weighted by atomic mass is 10.1. The summed E-state index contributed by atoms with van der Waals surface area (Å²) in [5.41, 5.74) is 8.01. The van der Waals surface area contributed by atoms with Crippen molar-refractivity contribution in [3.63, 3.8) is 0 Å². The first-order chi connectivity index (χ1) is 16.3. The highest BCUT2D eigenvalue weighted by atomic mass is 31.2. The maximum absolute atomic E-state index is 12.6. The molecule has 4 rings (SSSR count). The lowest BCUT2D eigenvalue weighted by Crippen LogP contribution is -2.51. The van der Waals surface area contributed by atoms with E-state index in [4.69, 9.17) is 5.73 Å². The van der Waals surface area contributed by atoms with E-state index in [0.29, 0.717) is 45.7 Å². The van der Waals surface area contributed by atoms with Crippen molar-refractivity contribution in [1.29, 1.82) is 0 Å². The number of hydrogen-bond acceptors (Lipinski definition) is 6. The zero-order valence-electron chi connectivity index (χ0n) is 18.5. The van der Waals surface area contributed by atoms with Gasteiger partial charge in [-0.3, -0.25) is 14.2 Å². The standard InChI is InChI=1S/C21H21N6O7P/c1-21(20(30)31,35(32,33)34)26-19(29)11-4-6-13-15(8-11)27(2)17(25-13)9-16-23-12-5-3-10(18(22)28)7-14(12)24-16/h3-8H,9H2,1-2H3,(H2,22,28)(H,23,24)(H,26,29)(H,30,31)(H2,32,33,34). The molecule has 0 aliphatic heterocycles. The van der Waals surface area contributed by atoms with Crippen LogP contribution >= 0.6 is 7.60 Å². The molecule has 0 fully saturated rings. The van der Waals surface area contributed by atoms with E-state index in [2.05, 4.69) is 15.0 Å². The Morgan fingerprint density at radius 3 is 2.43 bits per heavy atom. The molecule has 4 aromatic rings. The van der Waals surface area contributed by atoms with Crippen LogP contribution in [0.2, 0.25) is 0 Å². The number of aromatic amines is 1. The Bertz CT molecular complexity index is 1570. The number of carbonyl (C=O) groups is 3. The highest BCUT2D eigenvalue weighted by Gasteiger charge is 2.51. The maximum atomic E-state index is 12.6. The number of rotatable bonds is 7. The number of fused-ring (bicyclic) bond motifs is 2. The molecule has 0 saturated heterocycles. The molecular weight excluding hydrogens is 479 g/mol. The molecule has 2 aromatic carbocycles. The number of benzene rings is 2. The number of primary amides is 1. The molecule has 13 nitrogen and oxygen atoms in total. The molecule has 2 heterocycles. The molecule has 0 radical (unpaired) electrons. The fourth-order valence-corrected chi connectivity index (χ4v) is 4.02. The molecule has 2 aromatic heterocycles. The van der Waals surface area contributed by atoms with Crippen molar-refractivity contribution in [3.8, 4) is 0 Å². The molecule has 0 bridgehead atoms. The zero-order chi connectivity index (χ0) is 25.7. The minimum atomic E-state index is -5.22. The van der Waals surface area contributed by atoms with E-state index in [-0.39, 0.29) is 5.56 Å². The number of H-pyrrole nitrogens is 1. The quantitative estimate of drug-likeness (QED) is 0.198. The van der Waals surface area contributed by atoms with Crippen LogP contribution in [-0.2, 0) is 22.8 Å². The second-order valence-corrected chi connectivity index (χ2v) is 10.1. The van der Waals surface area contributed by atoms with E-state index in [9.17, 15) is 33.8 Å². The van der Waals surface area contributed by atoms with E-state index >= 15 is 0 Å². The summed E-state index contributed by atoms with van der Waals surface area (Å²) in [5, 5.41) is 8.41. The molecule has 182 valence electrons. The number of amides is 2. The maximum Gasteiger partial charge on any atom is 0.362 e. The number of nitrogens with two attached hydrogens (primary N) is 1. The van der Waals surface area contributed by atoms with Crippen molar-refractivity contribution >= 4 is 47.4 Å². The van der Waals surface area contributed by atoms with Crippen molar-refractivity contribution in [1.82, 2.24) is 24.8 Å². The Morgan fingerprint density at radius 2 is 1.80 bits per heavy atom. The second-order valence-electron chi connectivity index (χ2n) is 8.12. The van der Waals surface area contributed by atoms with Gasteiger partial charge in [0.25, 0.3) is 5.91 Å². The minimum absolute atomic E-state index is 0.00399. The number of hydrogen-bond donors (Lipinski definition) is 6. The minimum Gasteiger partial charge on any atom is -0.479 e. The van der Waals surface area contributed by atoms with Gasteiger partial charge in [0.05, 0.1) is 28.5 Å². The van der Waals surface area contributed by atoms with Crippen LogP contribution in [0.25, 0.3) is 22.1 Å². The molecule has 14 heteroatoms. The van der Waals surface area contributed by atoms with Gasteiger partial charge in [0.15, 0.2) is 0 Å². The number of nitrogens with one attached hydrogen (secondary N) is 2. The van der Waals surface area contributed by atoms with Gasteiger partial charge >= 0.3 is 13.6 Å². The predicted molar refractivity (Wildman–Crippen MR) is 124 cm³/mol. The van der Waals surface area contributed by atoms with Crippen LogP contribution in [0.4, 0.5) is 0 Å². The number of imidazole rings is 2.